The molecular weight excluding hydrogens is 218 g/mol. The summed E-state index contributed by atoms with van der Waals surface area (Å²) < 4.78 is 4.78. The van der Waals surface area contributed by atoms with Crippen molar-refractivity contribution in [3.8, 4) is 0 Å². The van der Waals surface area contributed by atoms with Crippen LogP contribution in [0.5, 0.6) is 0 Å². The Bertz CT molecular complexity index is 330. The van der Waals surface area contributed by atoms with E-state index in [1.807, 2.05) is 0 Å². The molecule has 0 spiro atoms. The van der Waals surface area contributed by atoms with E-state index in [0.29, 0.717) is 22.7 Å². The molecule has 0 amide bonds. The van der Waals surface area contributed by atoms with E-state index in [1.165, 1.54) is 6.07 Å². The maximum atomic E-state index is 11.3. The minimum absolute atomic E-state index is 0. The van der Waals surface area contributed by atoms with Gasteiger partial charge in [-0.3, -0.25) is 0 Å². The van der Waals surface area contributed by atoms with Gasteiger partial charge in [0.15, 0.2) is 0 Å². The van der Waals surface area contributed by atoms with Crippen LogP contribution in [0.15, 0.2) is 18.2 Å². The van der Waals surface area contributed by atoms with Gasteiger partial charge in [0, 0.05) is 0 Å². The molecule has 0 aliphatic heterocycles. The van der Waals surface area contributed by atoms with E-state index in [2.05, 4.69) is 0 Å². The third-order valence-corrected chi connectivity index (χ3v) is 1.82. The van der Waals surface area contributed by atoms with Gasteiger partial charge in [0.2, 0.25) is 0 Å². The Labute approximate surface area is 94.2 Å². The van der Waals surface area contributed by atoms with Crippen molar-refractivity contribution in [2.24, 2.45) is 0 Å². The molecular formula is C9H10BClO4. The molecule has 0 saturated heterocycles. The van der Waals surface area contributed by atoms with Crippen molar-refractivity contribution in [3.63, 3.8) is 0 Å². The fourth-order valence-electron chi connectivity index (χ4n) is 0.908. The molecule has 6 heteroatoms. The molecule has 0 atom stereocenters. The first kappa shape index (κ1) is 16.4. The van der Waals surface area contributed by atoms with E-state index in [1.54, 1.807) is 19.1 Å². The number of ether oxygens (including phenoxy) is 1. The van der Waals surface area contributed by atoms with Crippen LogP contribution in [0.1, 0.15) is 17.3 Å². The van der Waals surface area contributed by atoms with Gasteiger partial charge >= 0.3 is 82.7 Å². The number of rotatable bonds is 2. The van der Waals surface area contributed by atoms with Gasteiger partial charge in [-0.2, -0.15) is 0 Å². The molecule has 2 N–H and O–H groups in total. The van der Waals surface area contributed by atoms with Crippen molar-refractivity contribution < 1.29 is 20.5 Å². The van der Waals surface area contributed by atoms with Gasteiger partial charge in [-0.15, -0.1) is 0 Å². The summed E-state index contributed by atoms with van der Waals surface area (Å²) in [7, 11) is 5.50. The molecule has 0 aliphatic rings. The second-order valence-electron chi connectivity index (χ2n) is 2.46. The van der Waals surface area contributed by atoms with Gasteiger partial charge in [-0.25, -0.2) is 0 Å². The monoisotopic (exact) mass is 228 g/mol. The van der Waals surface area contributed by atoms with Crippen LogP contribution in [0.4, 0.5) is 0 Å². The molecule has 0 unspecified atom stereocenters. The van der Waals surface area contributed by atoms with Crippen molar-refractivity contribution in [3.05, 3.63) is 28.8 Å². The first-order valence-electron chi connectivity index (χ1n) is 3.87. The molecule has 80 valence electrons. The van der Waals surface area contributed by atoms with E-state index in [4.69, 9.17) is 24.2 Å². The predicted octanol–water partition coefficient (Wildman–Crippen LogP) is 0.957. The van der Waals surface area contributed by atoms with E-state index < -0.39 is 5.97 Å². The van der Waals surface area contributed by atoms with Crippen LogP contribution in [0.3, 0.4) is 0 Å². The topological polar surface area (TPSA) is 86.3 Å². The first-order valence-corrected chi connectivity index (χ1v) is 4.25. The standard InChI is InChI=1S/C9H8BClO2.2H2O/c1-2-13-9(12)7-5-6(10)3-4-8(7)11;;/h3-5H,2H2,1H3;2*1H2/q+2;;/p-2. The zero-order valence-electron chi connectivity index (χ0n) is 8.11. The Balaban J connectivity index is 0. The summed E-state index contributed by atoms with van der Waals surface area (Å²) in [5, 5.41) is 0.354. The van der Waals surface area contributed by atoms with Gasteiger partial charge < -0.3 is 11.0 Å². The van der Waals surface area contributed by atoms with Crippen LogP contribution >= 0.6 is 11.6 Å². The number of esters is 1. The van der Waals surface area contributed by atoms with Crippen LogP contribution in [-0.2, 0) is 4.74 Å². The molecule has 1 aromatic carbocycles. The average molecular weight is 228 g/mol. The summed E-state index contributed by atoms with van der Waals surface area (Å²) in [6.07, 6.45) is 0. The van der Waals surface area contributed by atoms with E-state index in [0.717, 1.165) is 0 Å². The Morgan fingerprint density at radius 1 is 1.47 bits per heavy atom. The first-order chi connectivity index (χ1) is 6.15. The molecule has 0 heterocycles. The Kier molecular flexibility index (Phi) is 7.96. The summed E-state index contributed by atoms with van der Waals surface area (Å²) in [6.45, 7) is 2.06. The molecule has 0 fully saturated rings. The maximum Gasteiger partial charge on any atom is -0.870 e. The third-order valence-electron chi connectivity index (χ3n) is 1.49. The summed E-state index contributed by atoms with van der Waals surface area (Å²) in [5.74, 6) is -0.445. The van der Waals surface area contributed by atoms with Crippen LogP contribution in [-0.4, -0.2) is 31.4 Å². The van der Waals surface area contributed by atoms with Gasteiger partial charge in [-0.05, 0) is 0 Å². The number of hydrogen-bond donors (Lipinski definition) is 0. The molecule has 1 rings (SSSR count). The van der Waals surface area contributed by atoms with Crippen LogP contribution in [0, 0.1) is 0 Å². The van der Waals surface area contributed by atoms with Gasteiger partial charge in [0.1, 0.15) is 0 Å². The smallest absolute Gasteiger partial charge is 0.870 e. The zero-order valence-corrected chi connectivity index (χ0v) is 8.86. The zero-order chi connectivity index (χ0) is 9.84. The summed E-state index contributed by atoms with van der Waals surface area (Å²) in [5.41, 5.74) is 0.802. The normalized spacial score (nSPS) is 8.53. The van der Waals surface area contributed by atoms with E-state index >= 15 is 0 Å². The Morgan fingerprint density at radius 3 is 2.60 bits per heavy atom. The molecule has 4 nitrogen and oxygen atoms in total. The van der Waals surface area contributed by atoms with Crippen molar-refractivity contribution in [1.29, 1.82) is 0 Å². The molecule has 0 aliphatic carbocycles. The quantitative estimate of drug-likeness (QED) is 0.557. The number of carbonyl (C=O) groups is 1. The van der Waals surface area contributed by atoms with Crippen molar-refractivity contribution >= 4 is 30.9 Å². The molecule has 1 aromatic rings. The SMILES string of the molecule is [B+2]c1ccc(Cl)c(C(=O)OCC)c1.[OH-].[OH-]. The molecule has 0 bridgehead atoms. The number of carbonyl (C=O) groups excluding carboxylic acids is 1. The molecule has 0 saturated carbocycles. The van der Waals surface area contributed by atoms with Gasteiger partial charge in [0.05, 0.1) is 0 Å². The predicted molar refractivity (Wildman–Crippen MR) is 56.7 cm³/mol. The summed E-state index contributed by atoms with van der Waals surface area (Å²) in [4.78, 5) is 11.3. The fourth-order valence-corrected chi connectivity index (χ4v) is 1.10. The minimum atomic E-state index is -0.445. The van der Waals surface area contributed by atoms with Gasteiger partial charge in [0.25, 0.3) is 0 Å². The number of halogens is 1. The maximum absolute atomic E-state index is 11.3. The molecule has 15 heavy (non-hydrogen) atoms. The molecule has 0 aromatic heterocycles. The van der Waals surface area contributed by atoms with E-state index in [-0.39, 0.29) is 11.0 Å². The van der Waals surface area contributed by atoms with Crippen molar-refractivity contribution in [2.75, 3.05) is 6.61 Å². The van der Waals surface area contributed by atoms with E-state index in [9.17, 15) is 4.79 Å². The Hall–Kier alpha value is -1.04. The largest absolute Gasteiger partial charge is 0.870 e. The third kappa shape index (κ3) is 4.33. The fraction of sp³-hybridized carbons (Fsp3) is 0.222. The number of benzene rings is 1. The van der Waals surface area contributed by atoms with Gasteiger partial charge in [-0.1, -0.05) is 0 Å². The van der Waals surface area contributed by atoms with Crippen molar-refractivity contribution in [2.45, 2.75) is 6.92 Å². The van der Waals surface area contributed by atoms with Crippen molar-refractivity contribution in [1.82, 2.24) is 0 Å². The molecule has 0 radical (unpaired) electrons. The average Bonchev–Trinajstić information content (AvgIpc) is 2.09. The minimum Gasteiger partial charge on any atom is -0.870 e. The van der Waals surface area contributed by atoms with Crippen LogP contribution in [0.2, 0.25) is 5.02 Å². The summed E-state index contributed by atoms with van der Waals surface area (Å²) >= 11 is 5.77. The number of hydrogen-bond acceptors (Lipinski definition) is 4. The second-order valence-corrected chi connectivity index (χ2v) is 2.87. The van der Waals surface area contributed by atoms with Crippen LogP contribution in [0.25, 0.3) is 0 Å². The summed E-state index contributed by atoms with van der Waals surface area (Å²) in [6, 6.07) is 4.70. The second kappa shape index (κ2) is 7.28. The van der Waals surface area contributed by atoms with Crippen LogP contribution < -0.4 is 5.46 Å². The Morgan fingerprint density at radius 2 is 2.07 bits per heavy atom.